The molecule has 4 amide bonds. The average Bonchev–Trinajstić information content (AvgIpc) is 3.06. The van der Waals surface area contributed by atoms with Gasteiger partial charge in [-0.15, -0.1) is 0 Å². The van der Waals surface area contributed by atoms with Crippen molar-refractivity contribution in [3.63, 3.8) is 0 Å². The topological polar surface area (TPSA) is 101 Å². The van der Waals surface area contributed by atoms with Gasteiger partial charge < -0.3 is 0 Å². The molecule has 2 heterocycles. The van der Waals surface area contributed by atoms with Crippen LogP contribution in [0, 0.1) is 0 Å². The third-order valence-corrected chi connectivity index (χ3v) is 3.68. The zero-order valence-electron chi connectivity index (χ0n) is 12.4. The molecule has 2 aromatic rings. The van der Waals surface area contributed by atoms with E-state index in [-0.39, 0.29) is 5.78 Å². The van der Waals surface area contributed by atoms with Crippen LogP contribution in [-0.4, -0.2) is 17.8 Å². The molecule has 0 bridgehead atoms. The highest BCUT2D eigenvalue weighted by molar-refractivity contribution is 9.10. The Morgan fingerprint density at radius 1 is 0.792 bits per heavy atom. The van der Waals surface area contributed by atoms with Crippen molar-refractivity contribution in [3.8, 4) is 0 Å². The summed E-state index contributed by atoms with van der Waals surface area (Å²) in [4.78, 5) is 47.0. The van der Waals surface area contributed by atoms with E-state index in [1.165, 1.54) is 6.92 Å². The molecule has 0 N–H and O–H groups in total. The molecule has 0 aromatic heterocycles. The van der Waals surface area contributed by atoms with Gasteiger partial charge in [-0.2, -0.15) is 20.0 Å². The summed E-state index contributed by atoms with van der Waals surface area (Å²) in [5, 5.41) is 2.32. The zero-order chi connectivity index (χ0) is 17.3. The number of ketones is 1. The van der Waals surface area contributed by atoms with Gasteiger partial charge in [0.25, 0.3) is 0 Å². The van der Waals surface area contributed by atoms with Crippen LogP contribution in [0.4, 0.5) is 9.59 Å². The molecular weight excluding hydrogens is 376 g/mol. The minimum Gasteiger partial charge on any atom is -0.295 e. The van der Waals surface area contributed by atoms with Crippen molar-refractivity contribution in [1.82, 2.24) is 0 Å². The summed E-state index contributed by atoms with van der Waals surface area (Å²) in [7, 11) is 0. The summed E-state index contributed by atoms with van der Waals surface area (Å²) in [5.74, 6) is -0.0441. The summed E-state index contributed by atoms with van der Waals surface area (Å²) in [6.45, 7) is 1.47. The Labute approximate surface area is 143 Å². The highest BCUT2D eigenvalue weighted by Gasteiger charge is 2.06. The maximum Gasteiger partial charge on any atom is 0.368 e. The lowest BCUT2D eigenvalue weighted by Gasteiger charge is -1.90. The van der Waals surface area contributed by atoms with E-state index in [9.17, 15) is 14.4 Å². The Bertz CT molecular complexity index is 1140. The number of hydrogen-bond acceptors (Lipinski definition) is 3. The molecule has 118 valence electrons. The molecule has 8 heteroatoms. The molecule has 0 fully saturated rings. The van der Waals surface area contributed by atoms with Gasteiger partial charge in [0.15, 0.2) is 5.78 Å². The molecule has 7 nitrogen and oxygen atoms in total. The Morgan fingerprint density at radius 2 is 1.29 bits per heavy atom. The van der Waals surface area contributed by atoms with Crippen molar-refractivity contribution in [1.29, 1.82) is 0 Å². The van der Waals surface area contributed by atoms with E-state index in [1.54, 1.807) is 30.3 Å². The summed E-state index contributed by atoms with van der Waals surface area (Å²) in [5.41, 5.74) is 0.549. The van der Waals surface area contributed by atoms with Gasteiger partial charge in [-0.1, -0.05) is 15.9 Å². The lowest BCUT2D eigenvalue weighted by atomic mass is 10.1. The summed E-state index contributed by atoms with van der Waals surface area (Å²) >= 11 is 3.27. The Morgan fingerprint density at radius 3 is 1.88 bits per heavy atom. The summed E-state index contributed by atoms with van der Waals surface area (Å²) in [6.07, 6.45) is 0. The normalized spacial score (nSPS) is 13.4. The molecule has 0 aliphatic carbocycles. The quantitative estimate of drug-likeness (QED) is 0.687. The second kappa shape index (κ2) is 6.32. The number of rotatable bonds is 1. The SMILES string of the molecule is CC(=O)c1ccc2c(c1)=NC(=O)N=2.O=C1N=c2ccc(Br)cc2=N1. The van der Waals surface area contributed by atoms with Crippen molar-refractivity contribution in [3.05, 3.63) is 67.9 Å². The monoisotopic (exact) mass is 384 g/mol. The largest absolute Gasteiger partial charge is 0.368 e. The molecule has 0 spiro atoms. The van der Waals surface area contributed by atoms with Crippen LogP contribution in [-0.2, 0) is 0 Å². The van der Waals surface area contributed by atoms with E-state index in [2.05, 4.69) is 35.9 Å². The minimum absolute atomic E-state index is 0.0441. The first-order valence-electron chi connectivity index (χ1n) is 6.82. The molecule has 2 aromatic carbocycles. The van der Waals surface area contributed by atoms with E-state index in [1.807, 2.05) is 6.07 Å². The van der Waals surface area contributed by atoms with E-state index in [4.69, 9.17) is 0 Å². The number of Topliss-reactive ketones (excluding diaryl/α,β-unsaturated/α-hetero) is 1. The lowest BCUT2D eigenvalue weighted by molar-refractivity contribution is 0.101. The third-order valence-electron chi connectivity index (χ3n) is 3.18. The first-order valence-corrected chi connectivity index (χ1v) is 7.61. The fourth-order valence-corrected chi connectivity index (χ4v) is 2.42. The van der Waals surface area contributed by atoms with Gasteiger partial charge in [0.2, 0.25) is 0 Å². The molecule has 0 radical (unpaired) electrons. The first-order chi connectivity index (χ1) is 11.4. The third kappa shape index (κ3) is 3.38. The smallest absolute Gasteiger partial charge is 0.295 e. The number of hydrogen-bond donors (Lipinski definition) is 0. The van der Waals surface area contributed by atoms with E-state index in [0.717, 1.165) is 4.47 Å². The highest BCUT2D eigenvalue weighted by atomic mass is 79.9. The van der Waals surface area contributed by atoms with Crippen LogP contribution in [0.15, 0.2) is 60.8 Å². The molecule has 2 aliphatic rings. The van der Waals surface area contributed by atoms with Crippen LogP contribution in [0.1, 0.15) is 17.3 Å². The van der Waals surface area contributed by atoms with Gasteiger partial charge in [0.05, 0.1) is 21.4 Å². The van der Waals surface area contributed by atoms with Crippen molar-refractivity contribution in [2.75, 3.05) is 0 Å². The van der Waals surface area contributed by atoms with Gasteiger partial charge in [-0.05, 0) is 43.3 Å². The molecule has 0 saturated carbocycles. The second-order valence-electron chi connectivity index (χ2n) is 4.91. The van der Waals surface area contributed by atoms with Gasteiger partial charge in [-0.25, -0.2) is 9.59 Å². The molecule has 24 heavy (non-hydrogen) atoms. The number of carbonyl (C=O) groups excluding carboxylic acids is 3. The molecule has 0 atom stereocenters. The van der Waals surface area contributed by atoms with Gasteiger partial charge in [-0.3, -0.25) is 4.79 Å². The van der Waals surface area contributed by atoms with Crippen molar-refractivity contribution < 1.29 is 14.4 Å². The molecule has 4 rings (SSSR count). The number of amides is 4. The fraction of sp³-hybridized carbons (Fsp3) is 0.0625. The fourth-order valence-electron chi connectivity index (χ4n) is 2.07. The Hall–Kier alpha value is -2.87. The van der Waals surface area contributed by atoms with Crippen LogP contribution in [0.25, 0.3) is 0 Å². The number of benzene rings is 2. The van der Waals surface area contributed by atoms with Crippen LogP contribution >= 0.6 is 15.9 Å². The van der Waals surface area contributed by atoms with Crippen molar-refractivity contribution >= 4 is 33.8 Å². The number of nitrogens with zero attached hydrogens (tertiary/aromatic N) is 4. The van der Waals surface area contributed by atoms with Crippen LogP contribution in [0.5, 0.6) is 0 Å². The second-order valence-corrected chi connectivity index (χ2v) is 5.82. The number of carbonyl (C=O) groups is 3. The maximum absolute atomic E-state index is 11.0. The number of halogens is 1. The predicted octanol–water partition coefficient (Wildman–Crippen LogP) is 1.08. The maximum atomic E-state index is 11.0. The average molecular weight is 385 g/mol. The lowest BCUT2D eigenvalue weighted by Crippen LogP contribution is -2.22. The van der Waals surface area contributed by atoms with E-state index in [0.29, 0.717) is 27.0 Å². The van der Waals surface area contributed by atoms with Crippen molar-refractivity contribution in [2.45, 2.75) is 6.92 Å². The summed E-state index contributed by atoms with van der Waals surface area (Å²) < 4.78 is 0.907. The van der Waals surface area contributed by atoms with Gasteiger partial charge in [0.1, 0.15) is 0 Å². The highest BCUT2D eigenvalue weighted by Crippen LogP contribution is 2.02. The first kappa shape index (κ1) is 16.0. The molecule has 0 unspecified atom stereocenters. The van der Waals surface area contributed by atoms with Gasteiger partial charge >= 0.3 is 12.1 Å². The Balaban J connectivity index is 0.000000143. The van der Waals surface area contributed by atoms with Gasteiger partial charge in [0, 0.05) is 10.0 Å². The standard InChI is InChI=1S/C9H6N2O2.C7H3BrN2O/c1-5(12)6-2-3-7-8(4-6)11-9(13)10-7;8-4-1-2-5-6(3-4)10-7(11)9-5/h2-4H,1H3;1-3H. The van der Waals surface area contributed by atoms with E-state index < -0.39 is 12.1 Å². The van der Waals surface area contributed by atoms with Crippen LogP contribution in [0.2, 0.25) is 0 Å². The molecule has 2 aliphatic heterocycles. The molecular formula is C16H9BrN4O3. The minimum atomic E-state index is -0.504. The summed E-state index contributed by atoms with van der Waals surface area (Å²) in [6, 6.07) is 9.27. The zero-order valence-corrected chi connectivity index (χ0v) is 13.9. The molecule has 0 saturated heterocycles. The predicted molar refractivity (Wildman–Crippen MR) is 86.0 cm³/mol. The Kier molecular flexibility index (Phi) is 4.22. The van der Waals surface area contributed by atoms with Crippen LogP contribution in [0.3, 0.4) is 0 Å². The van der Waals surface area contributed by atoms with Crippen molar-refractivity contribution in [2.24, 2.45) is 20.0 Å². The number of urea groups is 2. The van der Waals surface area contributed by atoms with Crippen LogP contribution < -0.4 is 21.4 Å². The van der Waals surface area contributed by atoms with E-state index >= 15 is 0 Å². The number of fused-ring (bicyclic) bond motifs is 2.